The molecule has 6 rings (SSSR count). The summed E-state index contributed by atoms with van der Waals surface area (Å²) in [6, 6.07) is 16.0. The number of alkyl halides is 2. The summed E-state index contributed by atoms with van der Waals surface area (Å²) in [4.78, 5) is 71.2. The summed E-state index contributed by atoms with van der Waals surface area (Å²) < 4.78 is 63.6. The summed E-state index contributed by atoms with van der Waals surface area (Å²) in [6.07, 6.45) is -1.80. The Morgan fingerprint density at radius 2 is 1.07 bits per heavy atom. The number of hydrogen-bond acceptors (Lipinski definition) is 12. The molecule has 0 aliphatic rings. The van der Waals surface area contributed by atoms with Crippen molar-refractivity contribution in [3.63, 3.8) is 0 Å². The number of benzene rings is 4. The molecule has 20 heteroatoms. The van der Waals surface area contributed by atoms with Gasteiger partial charge in [0.1, 0.15) is 29.3 Å². The summed E-state index contributed by atoms with van der Waals surface area (Å²) in [5.74, 6) is -1.81. The molecule has 0 N–H and O–H groups in total. The van der Waals surface area contributed by atoms with Crippen LogP contribution in [0.2, 0.25) is 0 Å². The first kappa shape index (κ1) is 44.0. The highest BCUT2D eigenvalue weighted by atomic mass is 79.9. The molecule has 0 fully saturated rings. The van der Waals surface area contributed by atoms with Gasteiger partial charge in [-0.15, -0.1) is 0 Å². The number of carbonyl (C=O) groups excluding carboxylic acids is 2. The van der Waals surface area contributed by atoms with Gasteiger partial charge in [-0.25, -0.2) is 23.6 Å². The molecule has 0 atom stereocenters. The van der Waals surface area contributed by atoms with Gasteiger partial charge in [0.15, 0.2) is 0 Å². The minimum absolute atomic E-state index is 0.00887. The summed E-state index contributed by atoms with van der Waals surface area (Å²) in [5.41, 5.74) is -2.43. The van der Waals surface area contributed by atoms with Gasteiger partial charge in [-0.2, -0.15) is 8.78 Å². The molecule has 60 heavy (non-hydrogen) atoms. The second-order valence-corrected chi connectivity index (χ2v) is 13.7. The van der Waals surface area contributed by atoms with Crippen molar-refractivity contribution in [2.75, 3.05) is 28.2 Å². The first-order valence-electron chi connectivity index (χ1n) is 17.4. The Balaban J connectivity index is 0.000000228. The first-order chi connectivity index (χ1) is 28.4. The van der Waals surface area contributed by atoms with Crippen molar-refractivity contribution >= 4 is 61.4 Å². The summed E-state index contributed by atoms with van der Waals surface area (Å²) in [6.45, 7) is -1.05. The third-order valence-corrected chi connectivity index (χ3v) is 9.40. The van der Waals surface area contributed by atoms with Crippen LogP contribution < -0.4 is 20.7 Å². The monoisotopic (exact) mass is 896 g/mol. The molecule has 0 saturated carbocycles. The summed E-state index contributed by atoms with van der Waals surface area (Å²) >= 11 is 3.34. The van der Waals surface area contributed by atoms with E-state index in [1.54, 1.807) is 12.1 Å². The van der Waals surface area contributed by atoms with Crippen LogP contribution >= 0.6 is 15.9 Å². The van der Waals surface area contributed by atoms with Crippen LogP contribution in [-0.4, -0.2) is 60.0 Å². The van der Waals surface area contributed by atoms with Crippen molar-refractivity contribution in [3.05, 3.63) is 159 Å². The lowest BCUT2D eigenvalue weighted by Gasteiger charge is -2.13. The second-order valence-electron chi connectivity index (χ2n) is 13.2. The topological polar surface area (TPSA) is 206 Å². The maximum absolute atomic E-state index is 14.5. The van der Waals surface area contributed by atoms with Crippen LogP contribution in [0.4, 0.5) is 34.1 Å². The van der Waals surface area contributed by atoms with E-state index in [-0.39, 0.29) is 74.0 Å². The van der Waals surface area contributed by atoms with Crippen molar-refractivity contribution in [2.24, 2.45) is 0 Å². The molecule has 0 saturated heterocycles. The highest BCUT2D eigenvalue weighted by molar-refractivity contribution is 9.08. The van der Waals surface area contributed by atoms with Crippen molar-refractivity contribution in [1.82, 2.24) is 9.80 Å². The van der Waals surface area contributed by atoms with Crippen molar-refractivity contribution in [2.45, 2.75) is 24.8 Å². The normalized spacial score (nSPS) is 10.8. The number of nitrogens with zero attached hydrogens (tertiary/aromatic N) is 4. The van der Waals surface area contributed by atoms with Crippen LogP contribution in [0.15, 0.2) is 91.2 Å². The maximum atomic E-state index is 14.5. The Morgan fingerprint density at radius 1 is 0.667 bits per heavy atom. The van der Waals surface area contributed by atoms with Crippen LogP contribution in [0.25, 0.3) is 21.9 Å². The first-order valence-corrected chi connectivity index (χ1v) is 18.5. The van der Waals surface area contributed by atoms with Gasteiger partial charge < -0.3 is 28.1 Å². The fourth-order valence-electron chi connectivity index (χ4n) is 5.81. The van der Waals surface area contributed by atoms with E-state index in [1.165, 1.54) is 86.5 Å². The summed E-state index contributed by atoms with van der Waals surface area (Å²) in [7, 11) is 6.05. The number of ether oxygens (including phenoxy) is 2. The molecular formula is C40H32BrF3N4O12. The summed E-state index contributed by atoms with van der Waals surface area (Å²) in [5, 5.41) is 23.0. The molecule has 0 unspecified atom stereocenters. The smallest absolute Gasteiger partial charge is 0.414 e. The minimum Gasteiger partial charge on any atom is -0.422 e. The van der Waals surface area contributed by atoms with Crippen LogP contribution in [0.3, 0.4) is 0 Å². The largest absolute Gasteiger partial charge is 0.422 e. The third kappa shape index (κ3) is 9.60. The fourth-order valence-corrected chi connectivity index (χ4v) is 6.45. The minimum atomic E-state index is -1.10. The Kier molecular flexibility index (Phi) is 13.7. The fraction of sp³-hybridized carbons (Fsp3) is 0.200. The average Bonchev–Trinajstić information content (AvgIpc) is 3.19. The molecule has 0 bridgehead atoms. The number of rotatable bonds is 10. The average molecular weight is 898 g/mol. The zero-order chi connectivity index (χ0) is 44.0. The SMILES string of the molecule is CN(C)C(=O)Oc1ccc2c(CBr)c(Cc3cccc([N+](=O)[O-])c3F)c(=O)oc2c1.CN(C)C(=O)Oc1ccc2c(CF)c(Cc3cccc([N+](=O)[O-])c3F)c(=O)oc2c1. The number of amides is 2. The lowest BCUT2D eigenvalue weighted by Crippen LogP contribution is -2.25. The molecule has 0 spiro atoms. The molecule has 0 radical (unpaired) electrons. The molecular weight excluding hydrogens is 865 g/mol. The Hall–Kier alpha value is -7.09. The van der Waals surface area contributed by atoms with E-state index >= 15 is 0 Å². The number of fused-ring (bicyclic) bond motifs is 2. The lowest BCUT2D eigenvalue weighted by atomic mass is 9.98. The van der Waals surface area contributed by atoms with Gasteiger partial charge in [-0.3, -0.25) is 20.2 Å². The molecule has 4 aromatic carbocycles. The molecule has 6 aromatic rings. The van der Waals surface area contributed by atoms with Crippen LogP contribution in [-0.2, 0) is 24.8 Å². The van der Waals surface area contributed by atoms with E-state index < -0.39 is 63.0 Å². The van der Waals surface area contributed by atoms with E-state index in [0.717, 1.165) is 12.1 Å². The van der Waals surface area contributed by atoms with E-state index in [0.29, 0.717) is 10.9 Å². The van der Waals surface area contributed by atoms with E-state index in [1.807, 2.05) is 0 Å². The molecule has 16 nitrogen and oxygen atoms in total. The number of halogens is 4. The number of carbonyl (C=O) groups is 2. The molecule has 2 heterocycles. The Labute approximate surface area is 344 Å². The highest BCUT2D eigenvalue weighted by Crippen LogP contribution is 2.31. The molecule has 312 valence electrons. The van der Waals surface area contributed by atoms with E-state index in [9.17, 15) is 52.6 Å². The third-order valence-electron chi connectivity index (χ3n) is 8.84. The second kappa shape index (κ2) is 18.7. The number of nitro groups is 2. The van der Waals surface area contributed by atoms with Gasteiger partial charge in [0.05, 0.1) is 9.85 Å². The number of nitro benzene ring substituents is 2. The van der Waals surface area contributed by atoms with Gasteiger partial charge >= 0.3 is 34.8 Å². The lowest BCUT2D eigenvalue weighted by molar-refractivity contribution is -0.387. The highest BCUT2D eigenvalue weighted by Gasteiger charge is 2.24. The van der Waals surface area contributed by atoms with Crippen LogP contribution in [0, 0.1) is 31.9 Å². The maximum Gasteiger partial charge on any atom is 0.414 e. The Bertz CT molecular complexity index is 2600. The quantitative estimate of drug-likeness (QED) is 0.0551. The van der Waals surface area contributed by atoms with Gasteiger partial charge in [-0.1, -0.05) is 40.2 Å². The molecule has 2 aromatic heterocycles. The van der Waals surface area contributed by atoms with Crippen molar-refractivity contribution in [3.8, 4) is 11.5 Å². The van der Waals surface area contributed by atoms with Crippen molar-refractivity contribution < 1.29 is 50.9 Å². The van der Waals surface area contributed by atoms with Gasteiger partial charge in [0.25, 0.3) is 0 Å². The molecule has 0 aliphatic carbocycles. The van der Waals surface area contributed by atoms with Gasteiger partial charge in [0, 0.05) is 98.1 Å². The number of hydrogen-bond donors (Lipinski definition) is 0. The van der Waals surface area contributed by atoms with Crippen LogP contribution in [0.1, 0.15) is 33.4 Å². The van der Waals surface area contributed by atoms with E-state index in [2.05, 4.69) is 15.9 Å². The zero-order valence-corrected chi connectivity index (χ0v) is 33.5. The zero-order valence-electron chi connectivity index (χ0n) is 32.0. The van der Waals surface area contributed by atoms with Crippen molar-refractivity contribution in [1.29, 1.82) is 0 Å². The standard InChI is InChI=1S/C20H16BrFN2O6.C20H16F2N2O6/c2*1-23(2)20(26)29-12-6-7-13-15(10-21)14(19(25)30-17(13)9-12)8-11-4-3-5-16(18(11)22)24(27)28/h2*3-7,9H,8,10H2,1-2H3. The molecule has 0 aliphatic heterocycles. The van der Waals surface area contributed by atoms with Crippen LogP contribution in [0.5, 0.6) is 11.5 Å². The predicted octanol–water partition coefficient (Wildman–Crippen LogP) is 8.35. The van der Waals surface area contributed by atoms with E-state index in [4.69, 9.17) is 18.3 Å². The molecule has 2 amide bonds. The van der Waals surface area contributed by atoms with Gasteiger partial charge in [0.2, 0.25) is 11.6 Å². The Morgan fingerprint density at radius 3 is 1.43 bits per heavy atom. The van der Waals surface area contributed by atoms with Gasteiger partial charge in [-0.05, 0) is 41.0 Å². The predicted molar refractivity (Wildman–Crippen MR) is 214 cm³/mol.